The fourth-order valence-corrected chi connectivity index (χ4v) is 2.25. The number of hydrogen-bond acceptors (Lipinski definition) is 0. The molecule has 0 spiro atoms. The molecular formula is C6H10Si. The fourth-order valence-electron chi connectivity index (χ4n) is 0.750. The first kappa shape index (κ1) is 4.85. The lowest BCUT2D eigenvalue weighted by molar-refractivity contribution is 1.44. The second-order valence-corrected chi connectivity index (χ2v) is 4.76. The average molecular weight is 110 g/mol. The van der Waals surface area contributed by atoms with Crippen LogP contribution in [0.2, 0.25) is 6.04 Å². The van der Waals surface area contributed by atoms with Gasteiger partial charge in [0.05, 0.1) is 8.80 Å². The molecule has 1 heterocycles. The summed E-state index contributed by atoms with van der Waals surface area (Å²) >= 11 is 0. The minimum absolute atomic E-state index is 0.421. The van der Waals surface area contributed by atoms with Gasteiger partial charge in [-0.2, -0.15) is 0 Å². The van der Waals surface area contributed by atoms with Crippen molar-refractivity contribution in [3.8, 4) is 0 Å². The second kappa shape index (κ2) is 2.12. The van der Waals surface area contributed by atoms with Gasteiger partial charge in [-0.15, -0.1) is 0 Å². The molecule has 0 amide bonds. The minimum Gasteiger partial charge on any atom is -0.0935 e. The highest BCUT2D eigenvalue weighted by atomic mass is 28.3. The molecule has 0 nitrogen and oxygen atoms in total. The van der Waals surface area contributed by atoms with Crippen LogP contribution in [0, 0.1) is 0 Å². The SMILES string of the molecule is CC[SiH]1C=CC=C1. The van der Waals surface area contributed by atoms with E-state index in [0.29, 0.717) is 0 Å². The molecule has 0 unspecified atom stereocenters. The number of rotatable bonds is 1. The first-order valence-corrected chi connectivity index (χ1v) is 4.93. The van der Waals surface area contributed by atoms with Gasteiger partial charge < -0.3 is 0 Å². The molecule has 1 rings (SSSR count). The second-order valence-electron chi connectivity index (χ2n) is 1.84. The van der Waals surface area contributed by atoms with Crippen LogP contribution >= 0.6 is 0 Å². The van der Waals surface area contributed by atoms with E-state index >= 15 is 0 Å². The molecule has 1 heteroatoms. The van der Waals surface area contributed by atoms with Gasteiger partial charge in [-0.25, -0.2) is 0 Å². The highest BCUT2D eigenvalue weighted by Gasteiger charge is 1.98. The molecule has 38 valence electrons. The molecule has 0 saturated carbocycles. The zero-order valence-electron chi connectivity index (χ0n) is 4.59. The first-order valence-electron chi connectivity index (χ1n) is 2.78. The third kappa shape index (κ3) is 1.03. The van der Waals surface area contributed by atoms with Crippen molar-refractivity contribution >= 4 is 8.80 Å². The molecule has 0 aromatic carbocycles. The first-order chi connectivity index (χ1) is 3.43. The van der Waals surface area contributed by atoms with Crippen molar-refractivity contribution < 1.29 is 0 Å². The van der Waals surface area contributed by atoms with Crippen molar-refractivity contribution in [1.29, 1.82) is 0 Å². The Hall–Kier alpha value is -0.303. The quantitative estimate of drug-likeness (QED) is 0.448. The molecule has 7 heavy (non-hydrogen) atoms. The average Bonchev–Trinajstić information content (AvgIpc) is 2.14. The maximum atomic E-state index is 2.36. The third-order valence-electron chi connectivity index (χ3n) is 1.30. The topological polar surface area (TPSA) is 0 Å². The van der Waals surface area contributed by atoms with Crippen LogP contribution in [0.4, 0.5) is 0 Å². The van der Waals surface area contributed by atoms with E-state index in [9.17, 15) is 0 Å². The fraction of sp³-hybridized carbons (Fsp3) is 0.333. The Kier molecular flexibility index (Phi) is 1.47. The monoisotopic (exact) mass is 110 g/mol. The zero-order chi connectivity index (χ0) is 5.11. The van der Waals surface area contributed by atoms with Gasteiger partial charge in [0.1, 0.15) is 0 Å². The van der Waals surface area contributed by atoms with Gasteiger partial charge in [0.25, 0.3) is 0 Å². The van der Waals surface area contributed by atoms with E-state index in [-0.39, 0.29) is 0 Å². The predicted molar refractivity (Wildman–Crippen MR) is 35.9 cm³/mol. The van der Waals surface area contributed by atoms with Crippen LogP contribution in [0.15, 0.2) is 23.6 Å². The highest BCUT2D eigenvalue weighted by molar-refractivity contribution is 6.70. The van der Waals surface area contributed by atoms with Gasteiger partial charge >= 0.3 is 0 Å². The molecule has 0 aliphatic carbocycles. The summed E-state index contributed by atoms with van der Waals surface area (Å²) in [6.07, 6.45) is 4.33. The van der Waals surface area contributed by atoms with Gasteiger partial charge in [-0.05, 0) is 0 Å². The minimum atomic E-state index is -0.421. The smallest absolute Gasteiger partial charge is 0.0849 e. The summed E-state index contributed by atoms with van der Waals surface area (Å²) in [5.41, 5.74) is 4.72. The molecular weight excluding hydrogens is 100 g/mol. The van der Waals surface area contributed by atoms with Crippen molar-refractivity contribution in [2.75, 3.05) is 0 Å². The summed E-state index contributed by atoms with van der Waals surface area (Å²) < 4.78 is 0. The summed E-state index contributed by atoms with van der Waals surface area (Å²) in [6, 6.07) is 1.38. The van der Waals surface area contributed by atoms with E-state index in [1.807, 2.05) is 0 Å². The predicted octanol–water partition coefficient (Wildman–Crippen LogP) is 1.44. The standard InChI is InChI=1S/C6H10Si/c1-2-7-5-3-4-6-7/h3-7H,2H2,1H3. The third-order valence-corrected chi connectivity index (χ3v) is 3.68. The van der Waals surface area contributed by atoms with Crippen molar-refractivity contribution in [1.82, 2.24) is 0 Å². The van der Waals surface area contributed by atoms with Crippen molar-refractivity contribution in [2.24, 2.45) is 0 Å². The van der Waals surface area contributed by atoms with Crippen molar-refractivity contribution in [3.63, 3.8) is 0 Å². The van der Waals surface area contributed by atoms with Crippen molar-refractivity contribution in [2.45, 2.75) is 13.0 Å². The van der Waals surface area contributed by atoms with Crippen LogP contribution in [0.25, 0.3) is 0 Å². The largest absolute Gasteiger partial charge is 0.0935 e. The Labute approximate surface area is 46.2 Å². The normalized spacial score (nSPS) is 19.0. The molecule has 0 aromatic heterocycles. The van der Waals surface area contributed by atoms with Crippen LogP contribution in [-0.4, -0.2) is 8.80 Å². The molecule has 0 atom stereocenters. The molecule has 1 aliphatic rings. The van der Waals surface area contributed by atoms with E-state index in [0.717, 1.165) is 0 Å². The number of allylic oxidation sites excluding steroid dienone is 2. The molecule has 0 fully saturated rings. The number of hydrogen-bond donors (Lipinski definition) is 0. The van der Waals surface area contributed by atoms with Crippen LogP contribution in [0.3, 0.4) is 0 Å². The molecule has 0 bridgehead atoms. The van der Waals surface area contributed by atoms with Crippen LogP contribution in [0.1, 0.15) is 6.92 Å². The Balaban J connectivity index is 2.44. The zero-order valence-corrected chi connectivity index (χ0v) is 5.75. The molecule has 0 radical (unpaired) electrons. The van der Waals surface area contributed by atoms with E-state index in [1.54, 1.807) is 0 Å². The van der Waals surface area contributed by atoms with Crippen molar-refractivity contribution in [3.05, 3.63) is 23.6 Å². The lowest BCUT2D eigenvalue weighted by Gasteiger charge is -1.90. The maximum Gasteiger partial charge on any atom is 0.0849 e. The van der Waals surface area contributed by atoms with E-state index in [1.165, 1.54) is 6.04 Å². The van der Waals surface area contributed by atoms with E-state index in [2.05, 4.69) is 30.5 Å². The Bertz CT molecular complexity index is 90.7. The van der Waals surface area contributed by atoms with Gasteiger partial charge in [0.2, 0.25) is 0 Å². The van der Waals surface area contributed by atoms with Crippen LogP contribution < -0.4 is 0 Å². The molecule has 0 aromatic rings. The maximum absolute atomic E-state index is 2.36. The summed E-state index contributed by atoms with van der Waals surface area (Å²) in [6.45, 7) is 2.26. The van der Waals surface area contributed by atoms with Crippen LogP contribution in [0.5, 0.6) is 0 Å². The Morgan fingerprint density at radius 2 is 1.86 bits per heavy atom. The Morgan fingerprint density at radius 1 is 1.29 bits per heavy atom. The lowest BCUT2D eigenvalue weighted by Crippen LogP contribution is -1.98. The highest BCUT2D eigenvalue weighted by Crippen LogP contribution is 2.01. The van der Waals surface area contributed by atoms with E-state index in [4.69, 9.17) is 0 Å². The summed E-state index contributed by atoms with van der Waals surface area (Å²) in [7, 11) is -0.421. The lowest BCUT2D eigenvalue weighted by atomic mass is 10.6. The summed E-state index contributed by atoms with van der Waals surface area (Å²) in [5, 5.41) is 0. The molecule has 0 N–H and O–H groups in total. The van der Waals surface area contributed by atoms with Crippen LogP contribution in [-0.2, 0) is 0 Å². The van der Waals surface area contributed by atoms with Gasteiger partial charge in [0, 0.05) is 0 Å². The van der Waals surface area contributed by atoms with Gasteiger partial charge in [0.15, 0.2) is 0 Å². The summed E-state index contributed by atoms with van der Waals surface area (Å²) in [5.74, 6) is 0. The van der Waals surface area contributed by atoms with Gasteiger partial charge in [-0.1, -0.05) is 36.5 Å². The molecule has 0 saturated heterocycles. The molecule has 1 aliphatic heterocycles. The van der Waals surface area contributed by atoms with E-state index < -0.39 is 8.80 Å². The van der Waals surface area contributed by atoms with Gasteiger partial charge in [-0.3, -0.25) is 0 Å². The summed E-state index contributed by atoms with van der Waals surface area (Å²) in [4.78, 5) is 0. The Morgan fingerprint density at radius 3 is 2.14 bits per heavy atom.